The number of aromatic nitrogens is 7. The summed E-state index contributed by atoms with van der Waals surface area (Å²) in [6, 6.07) is 1.68. The highest BCUT2D eigenvalue weighted by Crippen LogP contribution is 2.52. The molecule has 0 radical (unpaired) electrons. The average Bonchev–Trinajstić information content (AvgIpc) is 3.69. The number of nitrogen functional groups attached to an aromatic ring is 2. The van der Waals surface area contributed by atoms with E-state index in [2.05, 4.69) is 24.9 Å². The molecule has 9 atom stereocenters. The number of aromatic amines is 1. The van der Waals surface area contributed by atoms with Crippen molar-refractivity contribution in [2.24, 2.45) is 5.92 Å². The van der Waals surface area contributed by atoms with Gasteiger partial charge in [-0.05, 0) is 30.7 Å². The summed E-state index contributed by atoms with van der Waals surface area (Å²) in [6.45, 7) is -4.41. The second-order valence-corrected chi connectivity index (χ2v) is 13.2. The molecule has 19 heteroatoms. The van der Waals surface area contributed by atoms with Crippen molar-refractivity contribution in [2.45, 2.75) is 62.4 Å². The number of hydrogen-bond donors (Lipinski definition) is 4. The minimum absolute atomic E-state index is 0.0398. The van der Waals surface area contributed by atoms with Gasteiger partial charge in [0, 0.05) is 12.1 Å². The Balaban J connectivity index is 1.17. The molecule has 7 rings (SSSR count). The Morgan fingerprint density at radius 1 is 1.07 bits per heavy atom. The number of imidazole rings is 1. The van der Waals surface area contributed by atoms with Crippen molar-refractivity contribution in [1.82, 2.24) is 34.1 Å². The summed E-state index contributed by atoms with van der Waals surface area (Å²) in [6.07, 6.45) is -3.68. The zero-order chi connectivity index (χ0) is 29.3. The SMILES string of the molecule is Nc1nc2c(ncn2[C@@H]2O[C@@H]3CCC[C@H]4[C@H](F)[C@H](n5ccc6c(N)ncnc65)O[C@@H]4COP(O)(=S)O[C@@H]2[C@@H]3F)c(=O)[nH]1. The summed E-state index contributed by atoms with van der Waals surface area (Å²) in [5.41, 5.74) is 11.5. The Kier molecular flexibility index (Phi) is 6.76. The van der Waals surface area contributed by atoms with Crippen molar-refractivity contribution in [2.75, 3.05) is 18.1 Å². The lowest BCUT2D eigenvalue weighted by Crippen LogP contribution is -2.32. The van der Waals surface area contributed by atoms with Crippen LogP contribution in [0.3, 0.4) is 0 Å². The smallest absolute Gasteiger partial charge is 0.325 e. The van der Waals surface area contributed by atoms with Gasteiger partial charge >= 0.3 is 6.72 Å². The quantitative estimate of drug-likeness (QED) is 0.234. The fraction of sp³-hybridized carbons (Fsp3) is 0.522. The lowest BCUT2D eigenvalue weighted by Gasteiger charge is -2.27. The second-order valence-electron chi connectivity index (χ2n) is 10.4. The van der Waals surface area contributed by atoms with Crippen molar-refractivity contribution < 1.29 is 32.2 Å². The van der Waals surface area contributed by atoms with Crippen molar-refractivity contribution in [3.05, 3.63) is 35.3 Å². The zero-order valence-electron chi connectivity index (χ0n) is 21.7. The largest absolute Gasteiger partial charge is 0.383 e. The van der Waals surface area contributed by atoms with Gasteiger partial charge in [-0.25, -0.2) is 23.7 Å². The van der Waals surface area contributed by atoms with Gasteiger partial charge in [0.1, 0.15) is 23.9 Å². The first-order valence-corrected chi connectivity index (χ1v) is 15.7. The van der Waals surface area contributed by atoms with Crippen LogP contribution in [0, 0.1) is 5.92 Å². The molecule has 3 aliphatic heterocycles. The molecule has 2 bridgehead atoms. The molecule has 0 aromatic carbocycles. The van der Waals surface area contributed by atoms with E-state index >= 15 is 8.78 Å². The summed E-state index contributed by atoms with van der Waals surface area (Å²) in [5.74, 6) is -0.596. The summed E-state index contributed by atoms with van der Waals surface area (Å²) in [4.78, 5) is 42.0. The van der Waals surface area contributed by atoms with E-state index in [1.165, 1.54) is 17.2 Å². The van der Waals surface area contributed by atoms with Gasteiger partial charge in [-0.3, -0.25) is 18.9 Å². The highest BCUT2D eigenvalue weighted by molar-refractivity contribution is 8.07. The molecule has 0 aliphatic carbocycles. The molecule has 0 spiro atoms. The minimum atomic E-state index is -4.11. The van der Waals surface area contributed by atoms with Gasteiger partial charge in [0.05, 0.1) is 30.5 Å². The Bertz CT molecular complexity index is 1770. The third-order valence-electron chi connectivity index (χ3n) is 7.96. The molecule has 0 saturated carbocycles. The lowest BCUT2D eigenvalue weighted by molar-refractivity contribution is -0.0443. The maximum absolute atomic E-state index is 16.0. The van der Waals surface area contributed by atoms with Crippen molar-refractivity contribution in [3.63, 3.8) is 0 Å². The van der Waals surface area contributed by atoms with Crippen LogP contribution in [0.1, 0.15) is 31.7 Å². The highest BCUT2D eigenvalue weighted by atomic mass is 32.5. The number of H-pyrrole nitrogens is 1. The fourth-order valence-electron chi connectivity index (χ4n) is 5.99. The van der Waals surface area contributed by atoms with Crippen LogP contribution in [0.2, 0.25) is 0 Å². The van der Waals surface area contributed by atoms with Crippen LogP contribution in [-0.2, 0) is 30.3 Å². The Labute approximate surface area is 240 Å². The first-order chi connectivity index (χ1) is 20.1. The van der Waals surface area contributed by atoms with E-state index in [1.807, 2.05) is 0 Å². The van der Waals surface area contributed by atoms with E-state index in [-0.39, 0.29) is 36.0 Å². The van der Waals surface area contributed by atoms with Crippen LogP contribution in [0.15, 0.2) is 29.7 Å². The standard InChI is InChI=1S/C23H26F2N9O6PS/c24-13-9-2-1-3-11-14(25)16(22(38-11)34-8-30-15-19(34)31-23(27)32-20(15)35)40-41(36,42)37-6-12(9)39-21(13)33-5-4-10-17(26)28-7-29-18(10)33/h4-5,7-9,11-14,16,21-22H,1-3,6H2,(H,36,42)(H2,26,28,29)(H3,27,31,32,35)/t9-,11-,12-,13+,14-,16-,21-,22-,41?/m1/s1. The first kappa shape index (κ1) is 27.7. The minimum Gasteiger partial charge on any atom is -0.383 e. The zero-order valence-corrected chi connectivity index (χ0v) is 23.4. The number of ether oxygens (including phenoxy) is 2. The molecule has 3 saturated heterocycles. The van der Waals surface area contributed by atoms with Crippen LogP contribution in [0.5, 0.6) is 0 Å². The maximum Gasteiger partial charge on any atom is 0.325 e. The van der Waals surface area contributed by atoms with Crippen LogP contribution >= 0.6 is 6.72 Å². The lowest BCUT2D eigenvalue weighted by atomic mass is 9.92. The van der Waals surface area contributed by atoms with Crippen molar-refractivity contribution in [1.29, 1.82) is 0 Å². The van der Waals surface area contributed by atoms with E-state index in [9.17, 15) is 9.69 Å². The van der Waals surface area contributed by atoms with E-state index in [4.69, 9.17) is 41.8 Å². The molecule has 3 aliphatic rings. The van der Waals surface area contributed by atoms with Gasteiger partial charge < -0.3 is 34.9 Å². The Morgan fingerprint density at radius 2 is 1.88 bits per heavy atom. The number of alkyl halides is 2. The van der Waals surface area contributed by atoms with Gasteiger partial charge in [-0.2, -0.15) is 4.98 Å². The van der Waals surface area contributed by atoms with E-state index < -0.39 is 61.3 Å². The fourth-order valence-corrected chi connectivity index (χ4v) is 7.40. The van der Waals surface area contributed by atoms with Crippen LogP contribution in [0.25, 0.3) is 22.2 Å². The Hall–Kier alpha value is -3.12. The van der Waals surface area contributed by atoms with Crippen LogP contribution < -0.4 is 17.0 Å². The van der Waals surface area contributed by atoms with Gasteiger partial charge in [0.2, 0.25) is 5.95 Å². The number of nitrogens with one attached hydrogen (secondary N) is 1. The van der Waals surface area contributed by atoms with E-state index in [1.54, 1.807) is 16.8 Å². The normalized spacial score (nSPS) is 35.7. The number of nitrogens with zero attached hydrogens (tertiary/aromatic N) is 6. The molecule has 4 aromatic heterocycles. The molecule has 6 N–H and O–H groups in total. The summed E-state index contributed by atoms with van der Waals surface area (Å²) in [7, 11) is 0. The Morgan fingerprint density at radius 3 is 2.71 bits per heavy atom. The number of nitrogens with two attached hydrogens (primary N) is 2. The molecule has 0 amide bonds. The van der Waals surface area contributed by atoms with Crippen molar-refractivity contribution in [3.8, 4) is 0 Å². The van der Waals surface area contributed by atoms with E-state index in [0.29, 0.717) is 23.9 Å². The maximum atomic E-state index is 16.0. The van der Waals surface area contributed by atoms with Crippen LogP contribution in [0.4, 0.5) is 20.5 Å². The molecule has 7 heterocycles. The third kappa shape index (κ3) is 4.57. The molecule has 42 heavy (non-hydrogen) atoms. The van der Waals surface area contributed by atoms with Gasteiger partial charge in [0.15, 0.2) is 36.0 Å². The summed E-state index contributed by atoms with van der Waals surface area (Å²) in [5, 5.41) is 0.555. The molecule has 3 fully saturated rings. The van der Waals surface area contributed by atoms with Gasteiger partial charge in [0.25, 0.3) is 5.56 Å². The van der Waals surface area contributed by atoms with Crippen molar-refractivity contribution >= 4 is 52.5 Å². The number of fused-ring (bicyclic) bond motifs is 5. The predicted molar refractivity (Wildman–Crippen MR) is 147 cm³/mol. The predicted octanol–water partition coefficient (Wildman–Crippen LogP) is 1.62. The first-order valence-electron chi connectivity index (χ1n) is 13.2. The second kappa shape index (κ2) is 10.3. The summed E-state index contributed by atoms with van der Waals surface area (Å²) < 4.78 is 58.1. The highest BCUT2D eigenvalue weighted by Gasteiger charge is 2.52. The third-order valence-corrected chi connectivity index (χ3v) is 9.52. The number of hydrogen-bond acceptors (Lipinski definition) is 12. The summed E-state index contributed by atoms with van der Waals surface area (Å²) >= 11 is 5.23. The molecular weight excluding hydrogens is 599 g/mol. The number of rotatable bonds is 2. The molecule has 224 valence electrons. The molecule has 1 unspecified atom stereocenters. The van der Waals surface area contributed by atoms with E-state index in [0.717, 1.165) is 0 Å². The number of anilines is 2. The molecular formula is C23H26F2N9O6PS. The number of halogens is 2. The topological polar surface area (TPSA) is 203 Å². The molecule has 4 aromatic rings. The monoisotopic (exact) mass is 625 g/mol. The van der Waals surface area contributed by atoms with Gasteiger partial charge in [-0.15, -0.1) is 0 Å². The van der Waals surface area contributed by atoms with Crippen LogP contribution in [-0.4, -0.2) is 76.2 Å². The van der Waals surface area contributed by atoms with Gasteiger partial charge in [-0.1, -0.05) is 6.42 Å². The average molecular weight is 626 g/mol. The molecule has 15 nitrogen and oxygen atoms in total.